The van der Waals surface area contributed by atoms with Crippen LogP contribution in [0.1, 0.15) is 32.6 Å². The Hall–Kier alpha value is -0.0400. The van der Waals surface area contributed by atoms with Crippen LogP contribution in [0.4, 0.5) is 0 Å². The van der Waals surface area contributed by atoms with Crippen molar-refractivity contribution in [1.29, 1.82) is 0 Å². The molecule has 1 atom stereocenters. The standard InChI is InChI=1S/C14H25N3O.HI/c1-13(3-4-13)9-16-12(15-2)17-7-5-14(10-17)6-8-18-11-14;/h3-11H2,1-2H3,(H,15,16);1H. The Morgan fingerprint density at radius 3 is 2.68 bits per heavy atom. The Morgan fingerprint density at radius 2 is 2.11 bits per heavy atom. The fourth-order valence-electron chi connectivity index (χ4n) is 3.10. The first-order valence-electron chi connectivity index (χ1n) is 7.18. The molecule has 0 aromatic carbocycles. The second-order valence-corrected chi connectivity index (χ2v) is 6.69. The van der Waals surface area contributed by atoms with Crippen LogP contribution in [-0.4, -0.2) is 50.8 Å². The normalized spacial score (nSPS) is 32.5. The van der Waals surface area contributed by atoms with Gasteiger partial charge >= 0.3 is 0 Å². The topological polar surface area (TPSA) is 36.9 Å². The van der Waals surface area contributed by atoms with Crippen molar-refractivity contribution in [3.63, 3.8) is 0 Å². The Labute approximate surface area is 133 Å². The molecule has 1 N–H and O–H groups in total. The van der Waals surface area contributed by atoms with Gasteiger partial charge in [-0.15, -0.1) is 24.0 Å². The van der Waals surface area contributed by atoms with Gasteiger partial charge in [0.25, 0.3) is 0 Å². The Morgan fingerprint density at radius 1 is 1.32 bits per heavy atom. The lowest BCUT2D eigenvalue weighted by atomic mass is 9.87. The van der Waals surface area contributed by atoms with Crippen LogP contribution in [0.2, 0.25) is 0 Å². The Bertz CT molecular complexity index is 349. The molecule has 3 aliphatic rings. The van der Waals surface area contributed by atoms with E-state index in [0.29, 0.717) is 10.8 Å². The highest BCUT2D eigenvalue weighted by atomic mass is 127. The minimum atomic E-state index is 0. The molecule has 1 saturated carbocycles. The predicted molar refractivity (Wildman–Crippen MR) is 88.2 cm³/mol. The van der Waals surface area contributed by atoms with Crippen LogP contribution in [0.15, 0.2) is 4.99 Å². The van der Waals surface area contributed by atoms with Crippen LogP contribution in [0.3, 0.4) is 0 Å². The highest BCUT2D eigenvalue weighted by Crippen LogP contribution is 2.44. The highest BCUT2D eigenvalue weighted by molar-refractivity contribution is 14.0. The quantitative estimate of drug-likeness (QED) is 0.454. The number of hydrogen-bond donors (Lipinski definition) is 1. The number of nitrogens with one attached hydrogen (secondary N) is 1. The first-order chi connectivity index (χ1) is 8.65. The first kappa shape index (κ1) is 15.4. The molecule has 1 spiro atoms. The number of likely N-dealkylation sites (tertiary alicyclic amines) is 1. The maximum atomic E-state index is 5.58. The lowest BCUT2D eigenvalue weighted by molar-refractivity contribution is 0.156. The van der Waals surface area contributed by atoms with Crippen LogP contribution in [0.5, 0.6) is 0 Å². The van der Waals surface area contributed by atoms with Gasteiger partial charge in [0, 0.05) is 38.7 Å². The predicted octanol–water partition coefficient (Wildman–Crippen LogP) is 2.09. The van der Waals surface area contributed by atoms with Gasteiger partial charge in [-0.1, -0.05) is 6.92 Å². The summed E-state index contributed by atoms with van der Waals surface area (Å²) in [6, 6.07) is 0. The van der Waals surface area contributed by atoms with E-state index in [2.05, 4.69) is 22.1 Å². The van der Waals surface area contributed by atoms with Crippen molar-refractivity contribution in [2.45, 2.75) is 32.6 Å². The summed E-state index contributed by atoms with van der Waals surface area (Å²) in [6.45, 7) is 7.54. The molecule has 0 aromatic heterocycles. The second kappa shape index (κ2) is 5.76. The number of halogens is 1. The maximum Gasteiger partial charge on any atom is 0.193 e. The molecule has 3 fully saturated rings. The molecule has 2 saturated heterocycles. The largest absolute Gasteiger partial charge is 0.381 e. The SMILES string of the molecule is CN=C(NCC1(C)CC1)N1CCC2(CCOC2)C1.I. The van der Waals surface area contributed by atoms with E-state index in [1.165, 1.54) is 25.7 Å². The summed E-state index contributed by atoms with van der Waals surface area (Å²) in [5.41, 5.74) is 0.949. The summed E-state index contributed by atoms with van der Waals surface area (Å²) in [6.07, 6.45) is 5.19. The number of nitrogens with zero attached hydrogens (tertiary/aromatic N) is 2. The highest BCUT2D eigenvalue weighted by Gasteiger charge is 2.43. The van der Waals surface area contributed by atoms with Gasteiger partial charge in [0.15, 0.2) is 5.96 Å². The van der Waals surface area contributed by atoms with Gasteiger partial charge in [0.2, 0.25) is 0 Å². The van der Waals surface area contributed by atoms with Crippen LogP contribution in [0.25, 0.3) is 0 Å². The summed E-state index contributed by atoms with van der Waals surface area (Å²) in [5.74, 6) is 1.09. The molecule has 1 unspecified atom stereocenters. The molecule has 5 heteroatoms. The molecule has 3 rings (SSSR count). The molecular formula is C14H26IN3O. The molecule has 110 valence electrons. The molecule has 4 nitrogen and oxygen atoms in total. The third-order valence-electron chi connectivity index (χ3n) is 4.91. The van der Waals surface area contributed by atoms with Crippen molar-refractivity contribution >= 4 is 29.9 Å². The molecule has 1 aliphatic carbocycles. The van der Waals surface area contributed by atoms with E-state index in [-0.39, 0.29) is 24.0 Å². The fraction of sp³-hybridized carbons (Fsp3) is 0.929. The minimum absolute atomic E-state index is 0. The molecular weight excluding hydrogens is 353 g/mol. The second-order valence-electron chi connectivity index (χ2n) is 6.69. The fourth-order valence-corrected chi connectivity index (χ4v) is 3.10. The monoisotopic (exact) mass is 379 g/mol. The summed E-state index contributed by atoms with van der Waals surface area (Å²) in [7, 11) is 1.90. The van der Waals surface area contributed by atoms with Crippen molar-refractivity contribution in [2.24, 2.45) is 15.8 Å². The molecule has 0 radical (unpaired) electrons. The van der Waals surface area contributed by atoms with Crippen LogP contribution in [0, 0.1) is 10.8 Å². The van der Waals surface area contributed by atoms with Gasteiger partial charge in [-0.3, -0.25) is 4.99 Å². The average molecular weight is 379 g/mol. The lowest BCUT2D eigenvalue weighted by Crippen LogP contribution is -2.43. The first-order valence-corrected chi connectivity index (χ1v) is 7.18. The van der Waals surface area contributed by atoms with Crippen LogP contribution >= 0.6 is 24.0 Å². The lowest BCUT2D eigenvalue weighted by Gasteiger charge is -2.25. The molecule has 2 aliphatic heterocycles. The van der Waals surface area contributed by atoms with Crippen LogP contribution in [-0.2, 0) is 4.74 Å². The average Bonchev–Trinajstić information content (AvgIpc) is 2.82. The third kappa shape index (κ3) is 3.35. The summed E-state index contributed by atoms with van der Waals surface area (Å²) >= 11 is 0. The van der Waals surface area contributed by atoms with Gasteiger partial charge in [0.1, 0.15) is 0 Å². The maximum absolute atomic E-state index is 5.58. The summed E-state index contributed by atoms with van der Waals surface area (Å²) in [5, 5.41) is 3.56. The zero-order chi connectivity index (χ0) is 12.6. The van der Waals surface area contributed by atoms with E-state index in [1.807, 2.05) is 7.05 Å². The van der Waals surface area contributed by atoms with Gasteiger partial charge < -0.3 is 15.0 Å². The van der Waals surface area contributed by atoms with Gasteiger partial charge in [-0.05, 0) is 31.1 Å². The zero-order valence-electron chi connectivity index (χ0n) is 12.1. The number of hydrogen-bond acceptors (Lipinski definition) is 2. The van der Waals surface area contributed by atoms with E-state index in [0.717, 1.165) is 38.8 Å². The van der Waals surface area contributed by atoms with Crippen molar-refractivity contribution < 1.29 is 4.74 Å². The van der Waals surface area contributed by atoms with E-state index < -0.39 is 0 Å². The smallest absolute Gasteiger partial charge is 0.193 e. The van der Waals surface area contributed by atoms with Crippen LogP contribution < -0.4 is 5.32 Å². The van der Waals surface area contributed by atoms with E-state index >= 15 is 0 Å². The van der Waals surface area contributed by atoms with E-state index in [4.69, 9.17) is 4.74 Å². The van der Waals surface area contributed by atoms with Gasteiger partial charge in [0.05, 0.1) is 6.61 Å². The molecule has 0 bridgehead atoms. The van der Waals surface area contributed by atoms with Crippen molar-refractivity contribution in [1.82, 2.24) is 10.2 Å². The number of aliphatic imine (C=N–C) groups is 1. The number of rotatable bonds is 2. The zero-order valence-corrected chi connectivity index (χ0v) is 14.4. The van der Waals surface area contributed by atoms with Gasteiger partial charge in [-0.25, -0.2) is 0 Å². The van der Waals surface area contributed by atoms with Crippen molar-refractivity contribution in [3.8, 4) is 0 Å². The summed E-state index contributed by atoms with van der Waals surface area (Å²) < 4.78 is 5.58. The third-order valence-corrected chi connectivity index (χ3v) is 4.91. The minimum Gasteiger partial charge on any atom is -0.381 e. The number of guanidine groups is 1. The van der Waals surface area contributed by atoms with E-state index in [1.54, 1.807) is 0 Å². The van der Waals surface area contributed by atoms with Gasteiger partial charge in [-0.2, -0.15) is 0 Å². The number of ether oxygens (including phenoxy) is 1. The Balaban J connectivity index is 0.00000133. The molecule has 0 amide bonds. The molecule has 2 heterocycles. The molecule has 19 heavy (non-hydrogen) atoms. The summed E-state index contributed by atoms with van der Waals surface area (Å²) in [4.78, 5) is 6.86. The van der Waals surface area contributed by atoms with Crippen molar-refractivity contribution in [3.05, 3.63) is 0 Å². The Kier molecular flexibility index (Phi) is 4.65. The van der Waals surface area contributed by atoms with Crippen molar-refractivity contribution in [2.75, 3.05) is 39.9 Å². The molecule has 0 aromatic rings. The van der Waals surface area contributed by atoms with E-state index in [9.17, 15) is 0 Å².